The zero-order valence-corrected chi connectivity index (χ0v) is 15.5. The van der Waals surface area contributed by atoms with Crippen LogP contribution in [0.15, 0.2) is 53.0 Å². The van der Waals surface area contributed by atoms with Crippen LogP contribution in [-0.4, -0.2) is 29.6 Å². The summed E-state index contributed by atoms with van der Waals surface area (Å²) in [4.78, 5) is 23.8. The third-order valence-electron chi connectivity index (χ3n) is 3.63. The van der Waals surface area contributed by atoms with Gasteiger partial charge in [-0.05, 0) is 43.5 Å². The van der Waals surface area contributed by atoms with Gasteiger partial charge in [0.15, 0.2) is 6.61 Å². The van der Waals surface area contributed by atoms with Crippen molar-refractivity contribution in [3.8, 4) is 5.75 Å². The molecule has 2 aromatic rings. The number of phenolic OH excluding ortho intramolecular Hbond substituents is 1. The molecule has 0 aliphatic rings. The second-order valence-electron chi connectivity index (χ2n) is 5.73. The zero-order valence-electron chi connectivity index (χ0n) is 13.9. The number of carbonyl (C=O) groups excluding carboxylic acids is 2. The van der Waals surface area contributed by atoms with Crippen molar-refractivity contribution >= 4 is 27.8 Å². The normalized spacial score (nSPS) is 11.6. The second-order valence-corrected chi connectivity index (χ2v) is 6.65. The Kier molecular flexibility index (Phi) is 7.01. The predicted molar refractivity (Wildman–Crippen MR) is 98.5 cm³/mol. The van der Waals surface area contributed by atoms with Crippen LogP contribution in [0.1, 0.15) is 29.3 Å². The molecule has 25 heavy (non-hydrogen) atoms. The summed E-state index contributed by atoms with van der Waals surface area (Å²) in [6.45, 7) is 1.52. The monoisotopic (exact) mass is 405 g/mol. The largest absolute Gasteiger partial charge is 0.507 e. The zero-order chi connectivity index (χ0) is 18.2. The van der Waals surface area contributed by atoms with E-state index in [1.807, 2.05) is 37.3 Å². The molecule has 0 saturated heterocycles. The minimum atomic E-state index is -0.745. The van der Waals surface area contributed by atoms with Gasteiger partial charge in [-0.1, -0.05) is 46.3 Å². The van der Waals surface area contributed by atoms with Gasteiger partial charge in [0.05, 0.1) is 0 Å². The molecular weight excluding hydrogens is 386 g/mol. The number of phenols is 1. The Morgan fingerprint density at radius 1 is 1.20 bits per heavy atom. The first-order valence-corrected chi connectivity index (χ1v) is 8.74. The number of nitrogens with one attached hydrogen (secondary N) is 1. The van der Waals surface area contributed by atoms with E-state index >= 15 is 0 Å². The van der Waals surface area contributed by atoms with Crippen molar-refractivity contribution in [3.63, 3.8) is 0 Å². The van der Waals surface area contributed by atoms with Gasteiger partial charge in [0.25, 0.3) is 5.91 Å². The molecule has 1 amide bonds. The molecule has 0 fully saturated rings. The lowest BCUT2D eigenvalue weighted by Gasteiger charge is -2.14. The standard InChI is InChI=1S/C19H20BrNO4/c1-13(7-8-14-5-3-2-4-6-14)21-18(23)12-25-19(24)16-11-15(20)9-10-17(16)22/h2-6,9-11,13,22H,7-8,12H2,1H3,(H,21,23). The van der Waals surface area contributed by atoms with Gasteiger partial charge in [0.2, 0.25) is 0 Å². The molecule has 1 atom stereocenters. The first kappa shape index (κ1) is 19.0. The summed E-state index contributed by atoms with van der Waals surface area (Å²) < 4.78 is 5.59. The van der Waals surface area contributed by atoms with Crippen molar-refractivity contribution in [2.45, 2.75) is 25.8 Å². The van der Waals surface area contributed by atoms with Crippen LogP contribution in [0.4, 0.5) is 0 Å². The topological polar surface area (TPSA) is 75.6 Å². The van der Waals surface area contributed by atoms with Crippen molar-refractivity contribution in [1.29, 1.82) is 0 Å². The van der Waals surface area contributed by atoms with E-state index in [1.54, 1.807) is 6.07 Å². The Hall–Kier alpha value is -2.34. The van der Waals surface area contributed by atoms with E-state index in [4.69, 9.17) is 4.74 Å². The lowest BCUT2D eigenvalue weighted by atomic mass is 10.1. The molecule has 5 nitrogen and oxygen atoms in total. The van der Waals surface area contributed by atoms with Crippen molar-refractivity contribution in [3.05, 3.63) is 64.1 Å². The highest BCUT2D eigenvalue weighted by atomic mass is 79.9. The smallest absolute Gasteiger partial charge is 0.342 e. The van der Waals surface area contributed by atoms with E-state index in [-0.39, 0.29) is 29.9 Å². The summed E-state index contributed by atoms with van der Waals surface area (Å²) >= 11 is 3.22. The quantitative estimate of drug-likeness (QED) is 0.691. The molecular formula is C19H20BrNO4. The Morgan fingerprint density at radius 3 is 2.64 bits per heavy atom. The molecule has 0 aliphatic carbocycles. The Morgan fingerprint density at radius 2 is 1.92 bits per heavy atom. The molecule has 0 bridgehead atoms. The van der Waals surface area contributed by atoms with Crippen molar-refractivity contribution in [2.75, 3.05) is 6.61 Å². The molecule has 2 rings (SSSR count). The Bertz CT molecular complexity index is 733. The number of aryl methyl sites for hydroxylation is 1. The van der Waals surface area contributed by atoms with E-state index in [2.05, 4.69) is 21.2 Å². The summed E-state index contributed by atoms with van der Waals surface area (Å²) in [5, 5.41) is 12.5. The lowest BCUT2D eigenvalue weighted by molar-refractivity contribution is -0.124. The Labute approximate surface area is 155 Å². The van der Waals surface area contributed by atoms with Crippen LogP contribution in [0.25, 0.3) is 0 Å². The molecule has 0 saturated carbocycles. The van der Waals surface area contributed by atoms with Crippen LogP contribution in [-0.2, 0) is 16.0 Å². The SMILES string of the molecule is CC(CCc1ccccc1)NC(=O)COC(=O)c1cc(Br)ccc1O. The fraction of sp³-hybridized carbons (Fsp3) is 0.263. The van der Waals surface area contributed by atoms with E-state index < -0.39 is 5.97 Å². The number of amides is 1. The van der Waals surface area contributed by atoms with Crippen molar-refractivity contribution in [1.82, 2.24) is 5.32 Å². The van der Waals surface area contributed by atoms with Gasteiger partial charge in [-0.3, -0.25) is 4.79 Å². The number of benzene rings is 2. The predicted octanol–water partition coefficient (Wildman–Crippen LogP) is 3.45. The summed E-state index contributed by atoms with van der Waals surface area (Å²) in [5.41, 5.74) is 1.22. The minimum absolute atomic E-state index is 0.0132. The fourth-order valence-corrected chi connectivity index (χ4v) is 2.66. The summed E-state index contributed by atoms with van der Waals surface area (Å²) in [6.07, 6.45) is 1.64. The molecule has 0 spiro atoms. The maximum atomic E-state index is 11.9. The van der Waals surface area contributed by atoms with E-state index in [9.17, 15) is 14.7 Å². The van der Waals surface area contributed by atoms with Gasteiger partial charge < -0.3 is 15.2 Å². The molecule has 1 unspecified atom stereocenters. The first-order valence-electron chi connectivity index (χ1n) is 7.94. The third kappa shape index (κ3) is 6.23. The maximum absolute atomic E-state index is 11.9. The highest BCUT2D eigenvalue weighted by Gasteiger charge is 2.15. The maximum Gasteiger partial charge on any atom is 0.342 e. The van der Waals surface area contributed by atoms with Gasteiger partial charge in [-0.15, -0.1) is 0 Å². The minimum Gasteiger partial charge on any atom is -0.507 e. The van der Waals surface area contributed by atoms with Crippen LogP contribution < -0.4 is 5.32 Å². The fourth-order valence-electron chi connectivity index (χ4n) is 2.30. The molecule has 2 N–H and O–H groups in total. The Balaban J connectivity index is 1.76. The van der Waals surface area contributed by atoms with Crippen LogP contribution in [0.2, 0.25) is 0 Å². The second kappa shape index (κ2) is 9.22. The van der Waals surface area contributed by atoms with Gasteiger partial charge in [0, 0.05) is 10.5 Å². The number of ether oxygens (including phenoxy) is 1. The number of hydrogen-bond donors (Lipinski definition) is 2. The summed E-state index contributed by atoms with van der Waals surface area (Å²) in [5.74, 6) is -1.31. The van der Waals surface area contributed by atoms with E-state index in [0.717, 1.165) is 12.8 Å². The highest BCUT2D eigenvalue weighted by molar-refractivity contribution is 9.10. The van der Waals surface area contributed by atoms with Gasteiger partial charge in [0.1, 0.15) is 11.3 Å². The number of esters is 1. The molecule has 6 heteroatoms. The van der Waals surface area contributed by atoms with Crippen LogP contribution in [0.5, 0.6) is 5.75 Å². The number of halogens is 1. The highest BCUT2D eigenvalue weighted by Crippen LogP contribution is 2.22. The lowest BCUT2D eigenvalue weighted by Crippen LogP contribution is -2.36. The van der Waals surface area contributed by atoms with Crippen LogP contribution >= 0.6 is 15.9 Å². The molecule has 132 valence electrons. The van der Waals surface area contributed by atoms with E-state index in [0.29, 0.717) is 4.47 Å². The first-order chi connectivity index (χ1) is 12.0. The molecule has 0 heterocycles. The average Bonchev–Trinajstić information content (AvgIpc) is 2.61. The van der Waals surface area contributed by atoms with Crippen molar-refractivity contribution < 1.29 is 19.4 Å². The number of rotatable bonds is 7. The van der Waals surface area contributed by atoms with Gasteiger partial charge in [-0.25, -0.2) is 4.79 Å². The van der Waals surface area contributed by atoms with Crippen LogP contribution in [0, 0.1) is 0 Å². The molecule has 2 aromatic carbocycles. The molecule has 0 aliphatic heterocycles. The number of carbonyl (C=O) groups is 2. The third-order valence-corrected chi connectivity index (χ3v) is 4.12. The van der Waals surface area contributed by atoms with Gasteiger partial charge in [-0.2, -0.15) is 0 Å². The van der Waals surface area contributed by atoms with E-state index in [1.165, 1.54) is 17.7 Å². The number of hydrogen-bond acceptors (Lipinski definition) is 4. The molecule has 0 aromatic heterocycles. The summed E-state index contributed by atoms with van der Waals surface area (Å²) in [6, 6.07) is 14.4. The van der Waals surface area contributed by atoms with Gasteiger partial charge >= 0.3 is 5.97 Å². The molecule has 0 radical (unpaired) electrons. The summed E-state index contributed by atoms with van der Waals surface area (Å²) in [7, 11) is 0. The number of aromatic hydroxyl groups is 1. The average molecular weight is 406 g/mol. The van der Waals surface area contributed by atoms with Crippen molar-refractivity contribution in [2.24, 2.45) is 0 Å². The van der Waals surface area contributed by atoms with Crippen LogP contribution in [0.3, 0.4) is 0 Å².